The van der Waals surface area contributed by atoms with E-state index in [9.17, 15) is 18.5 Å². The van der Waals surface area contributed by atoms with Gasteiger partial charge in [0, 0.05) is 41.0 Å². The number of nitriles is 1. The summed E-state index contributed by atoms with van der Waals surface area (Å²) in [7, 11) is -3.90. The number of sulfonamides is 1. The van der Waals surface area contributed by atoms with Crippen molar-refractivity contribution in [3.63, 3.8) is 0 Å². The van der Waals surface area contributed by atoms with E-state index in [-0.39, 0.29) is 36.6 Å². The molecule has 0 unspecified atom stereocenters. The smallest absolute Gasteiger partial charge is 0.410 e. The standard InChI is InChI=1S/C23H26ClN3O4S2/c1-16-11-18(24)14-19(12-16)32-20-6-5-17(15-25)13-21(20)33(29,30)27-9-7-26(8-10-27)22(28)31-23(2,3)4/h5-6,11-14H,7-10H2,1-4H3. The molecule has 33 heavy (non-hydrogen) atoms. The minimum absolute atomic E-state index is 0.0647. The molecule has 1 fully saturated rings. The van der Waals surface area contributed by atoms with Crippen LogP contribution in [-0.2, 0) is 14.8 Å². The first-order valence-corrected chi connectivity index (χ1v) is 13.0. The fourth-order valence-corrected chi connectivity index (χ4v) is 6.62. The first-order valence-electron chi connectivity index (χ1n) is 10.4. The van der Waals surface area contributed by atoms with Crippen molar-refractivity contribution in [2.24, 2.45) is 0 Å². The number of amides is 1. The van der Waals surface area contributed by atoms with Crippen LogP contribution in [0.4, 0.5) is 4.79 Å². The van der Waals surface area contributed by atoms with E-state index in [4.69, 9.17) is 16.3 Å². The van der Waals surface area contributed by atoms with Gasteiger partial charge < -0.3 is 9.64 Å². The van der Waals surface area contributed by atoms with E-state index in [1.54, 1.807) is 39.0 Å². The maximum atomic E-state index is 13.5. The van der Waals surface area contributed by atoms with E-state index >= 15 is 0 Å². The molecule has 0 radical (unpaired) electrons. The summed E-state index contributed by atoms with van der Waals surface area (Å²) in [6.45, 7) is 8.00. The molecule has 10 heteroatoms. The highest BCUT2D eigenvalue weighted by atomic mass is 35.5. The van der Waals surface area contributed by atoms with Crippen LogP contribution in [-0.4, -0.2) is 55.5 Å². The third-order valence-electron chi connectivity index (χ3n) is 4.82. The summed E-state index contributed by atoms with van der Waals surface area (Å²) >= 11 is 7.45. The number of halogens is 1. The van der Waals surface area contributed by atoms with Crippen LogP contribution >= 0.6 is 23.4 Å². The molecule has 0 saturated carbocycles. The first-order chi connectivity index (χ1) is 15.4. The van der Waals surface area contributed by atoms with Crippen molar-refractivity contribution in [2.45, 2.75) is 48.0 Å². The Morgan fingerprint density at radius 1 is 1.12 bits per heavy atom. The molecule has 1 heterocycles. The minimum Gasteiger partial charge on any atom is -0.444 e. The van der Waals surface area contributed by atoms with Crippen molar-refractivity contribution in [3.05, 3.63) is 52.5 Å². The number of benzene rings is 2. The van der Waals surface area contributed by atoms with Gasteiger partial charge in [0.1, 0.15) is 5.60 Å². The molecule has 7 nitrogen and oxygen atoms in total. The van der Waals surface area contributed by atoms with Crippen molar-refractivity contribution in [3.8, 4) is 6.07 Å². The Bertz CT molecular complexity index is 1170. The second kappa shape index (κ2) is 9.94. The van der Waals surface area contributed by atoms with Crippen molar-refractivity contribution in [1.82, 2.24) is 9.21 Å². The summed E-state index contributed by atoms with van der Waals surface area (Å²) in [5.74, 6) is 0. The Morgan fingerprint density at radius 2 is 1.79 bits per heavy atom. The molecule has 2 aromatic carbocycles. The van der Waals surface area contributed by atoms with Gasteiger partial charge in [0.25, 0.3) is 0 Å². The van der Waals surface area contributed by atoms with Gasteiger partial charge >= 0.3 is 6.09 Å². The molecule has 1 aliphatic rings. The van der Waals surface area contributed by atoms with Gasteiger partial charge in [-0.25, -0.2) is 13.2 Å². The monoisotopic (exact) mass is 507 g/mol. The Labute approximate surface area is 204 Å². The molecule has 0 spiro atoms. The van der Waals surface area contributed by atoms with Gasteiger partial charge in [0.05, 0.1) is 16.5 Å². The average Bonchev–Trinajstić information content (AvgIpc) is 2.72. The molecule has 0 N–H and O–H groups in total. The summed E-state index contributed by atoms with van der Waals surface area (Å²) in [4.78, 5) is 15.2. The Morgan fingerprint density at radius 3 is 2.36 bits per heavy atom. The van der Waals surface area contributed by atoms with Crippen LogP contribution in [0.5, 0.6) is 0 Å². The number of carbonyl (C=O) groups is 1. The van der Waals surface area contributed by atoms with E-state index in [2.05, 4.69) is 0 Å². The maximum absolute atomic E-state index is 13.5. The molecule has 0 aromatic heterocycles. The zero-order chi connectivity index (χ0) is 24.4. The number of nitrogens with zero attached hydrogens (tertiary/aromatic N) is 3. The van der Waals surface area contributed by atoms with E-state index in [1.165, 1.54) is 27.0 Å². The topological polar surface area (TPSA) is 90.7 Å². The zero-order valence-corrected chi connectivity index (χ0v) is 21.4. The lowest BCUT2D eigenvalue weighted by atomic mass is 10.2. The number of aryl methyl sites for hydroxylation is 1. The molecule has 176 valence electrons. The van der Waals surface area contributed by atoms with Gasteiger partial charge in [-0.1, -0.05) is 23.4 Å². The fraction of sp³-hybridized carbons (Fsp3) is 0.391. The number of hydrogen-bond donors (Lipinski definition) is 0. The summed E-state index contributed by atoms with van der Waals surface area (Å²) < 4.78 is 33.8. The normalized spacial score (nSPS) is 15.2. The second-order valence-electron chi connectivity index (χ2n) is 8.71. The van der Waals surface area contributed by atoms with E-state index in [0.29, 0.717) is 9.92 Å². The SMILES string of the molecule is Cc1cc(Cl)cc(Sc2ccc(C#N)cc2S(=O)(=O)N2CCN(C(=O)OC(C)(C)C)CC2)c1. The highest BCUT2D eigenvalue weighted by Gasteiger charge is 2.33. The summed E-state index contributed by atoms with van der Waals surface area (Å²) in [5.41, 5.74) is 0.594. The van der Waals surface area contributed by atoms with Crippen molar-refractivity contribution in [2.75, 3.05) is 26.2 Å². The summed E-state index contributed by atoms with van der Waals surface area (Å²) in [6.07, 6.45) is -0.460. The average molecular weight is 508 g/mol. The predicted molar refractivity (Wildman–Crippen MR) is 128 cm³/mol. The van der Waals surface area contributed by atoms with Crippen LogP contribution in [0.3, 0.4) is 0 Å². The van der Waals surface area contributed by atoms with Crippen LogP contribution < -0.4 is 0 Å². The second-order valence-corrected chi connectivity index (χ2v) is 12.2. The van der Waals surface area contributed by atoms with Crippen LogP contribution in [0.25, 0.3) is 0 Å². The number of carbonyl (C=O) groups excluding carboxylic acids is 1. The van der Waals surface area contributed by atoms with Gasteiger partial charge in [-0.2, -0.15) is 9.57 Å². The van der Waals surface area contributed by atoms with Gasteiger partial charge in [-0.15, -0.1) is 0 Å². The van der Waals surface area contributed by atoms with Crippen LogP contribution in [0.2, 0.25) is 5.02 Å². The molecule has 1 amide bonds. The Kier molecular flexibility index (Phi) is 7.64. The molecule has 3 rings (SSSR count). The minimum atomic E-state index is -3.90. The van der Waals surface area contributed by atoms with Crippen molar-refractivity contribution >= 4 is 39.5 Å². The molecular formula is C23H26ClN3O4S2. The lowest BCUT2D eigenvalue weighted by Gasteiger charge is -2.35. The first kappa shape index (κ1) is 25.4. The van der Waals surface area contributed by atoms with E-state index in [1.807, 2.05) is 25.1 Å². The predicted octanol–water partition coefficient (Wildman–Crippen LogP) is 4.91. The highest BCUT2D eigenvalue weighted by Crippen LogP contribution is 2.36. The van der Waals surface area contributed by atoms with Crippen LogP contribution in [0, 0.1) is 18.3 Å². The van der Waals surface area contributed by atoms with E-state index < -0.39 is 21.7 Å². The maximum Gasteiger partial charge on any atom is 0.410 e. The van der Waals surface area contributed by atoms with Crippen LogP contribution in [0.1, 0.15) is 31.9 Å². The molecule has 2 aromatic rings. The quantitative estimate of drug-likeness (QED) is 0.583. The number of piperazine rings is 1. The zero-order valence-electron chi connectivity index (χ0n) is 19.0. The van der Waals surface area contributed by atoms with Gasteiger partial charge in [0.2, 0.25) is 10.0 Å². The number of rotatable bonds is 4. The Balaban J connectivity index is 1.85. The number of ether oxygens (including phenoxy) is 1. The lowest BCUT2D eigenvalue weighted by molar-refractivity contribution is 0.0192. The summed E-state index contributed by atoms with van der Waals surface area (Å²) in [5, 5.41) is 9.90. The largest absolute Gasteiger partial charge is 0.444 e. The number of hydrogen-bond acceptors (Lipinski definition) is 6. The van der Waals surface area contributed by atoms with Crippen molar-refractivity contribution < 1.29 is 17.9 Å². The highest BCUT2D eigenvalue weighted by molar-refractivity contribution is 8.00. The van der Waals surface area contributed by atoms with Gasteiger partial charge in [-0.3, -0.25) is 0 Å². The van der Waals surface area contributed by atoms with Gasteiger partial charge in [-0.05, 0) is 69.7 Å². The molecular weight excluding hydrogens is 482 g/mol. The molecule has 0 bridgehead atoms. The van der Waals surface area contributed by atoms with Crippen molar-refractivity contribution in [1.29, 1.82) is 5.26 Å². The lowest BCUT2D eigenvalue weighted by Crippen LogP contribution is -2.51. The van der Waals surface area contributed by atoms with Gasteiger partial charge in [0.15, 0.2) is 0 Å². The molecule has 0 atom stereocenters. The summed E-state index contributed by atoms with van der Waals surface area (Å²) in [6, 6.07) is 12.2. The molecule has 1 saturated heterocycles. The third kappa shape index (κ3) is 6.42. The third-order valence-corrected chi connectivity index (χ3v) is 8.16. The molecule has 1 aliphatic heterocycles. The fourth-order valence-electron chi connectivity index (χ4n) is 3.33. The van der Waals surface area contributed by atoms with E-state index in [0.717, 1.165) is 10.5 Å². The van der Waals surface area contributed by atoms with Crippen LogP contribution in [0.15, 0.2) is 51.1 Å². The molecule has 0 aliphatic carbocycles. The Hall–Kier alpha value is -2.25.